The lowest BCUT2D eigenvalue weighted by molar-refractivity contribution is 0.0955. The summed E-state index contributed by atoms with van der Waals surface area (Å²) in [4.78, 5) is 12.3. The molecule has 0 bridgehead atoms. The number of carbonyl (C=O) groups excluding carboxylic acids is 1. The van der Waals surface area contributed by atoms with Crippen LogP contribution in [0.15, 0.2) is 48.5 Å². The number of ether oxygens (including phenoxy) is 1. The minimum Gasteiger partial charge on any atom is -0.489 e. The van der Waals surface area contributed by atoms with E-state index >= 15 is 0 Å². The van der Waals surface area contributed by atoms with Gasteiger partial charge in [-0.3, -0.25) is 4.79 Å². The Labute approximate surface area is 166 Å². The number of nitriles is 1. The third-order valence-electron chi connectivity index (χ3n) is 4.22. The summed E-state index contributed by atoms with van der Waals surface area (Å²) in [6.45, 7) is 5.15. The summed E-state index contributed by atoms with van der Waals surface area (Å²) in [6.07, 6.45) is 0. The molecule has 0 fully saturated rings. The summed E-state index contributed by atoms with van der Waals surface area (Å²) in [7, 11) is -3.30. The van der Waals surface area contributed by atoms with E-state index in [4.69, 9.17) is 10.00 Å². The van der Waals surface area contributed by atoms with E-state index in [1.54, 1.807) is 57.2 Å². The molecule has 0 unspecified atom stereocenters. The fraction of sp³-hybridized carbons (Fsp3) is 0.333. The molecule has 0 radical (unpaired) electrons. The number of sulfone groups is 1. The van der Waals surface area contributed by atoms with Crippen molar-refractivity contribution < 1.29 is 17.9 Å². The lowest BCUT2D eigenvalue weighted by Crippen LogP contribution is -2.36. The summed E-state index contributed by atoms with van der Waals surface area (Å²) in [6, 6.07) is 15.9. The Morgan fingerprint density at radius 2 is 1.86 bits per heavy atom. The van der Waals surface area contributed by atoms with Crippen molar-refractivity contribution in [3.05, 3.63) is 65.2 Å². The highest BCUT2D eigenvalue weighted by molar-refractivity contribution is 7.92. The van der Waals surface area contributed by atoms with Crippen molar-refractivity contribution >= 4 is 15.7 Å². The number of benzene rings is 2. The molecule has 0 saturated carbocycles. The first kappa shape index (κ1) is 21.5. The molecule has 0 heterocycles. The lowest BCUT2D eigenvalue weighted by Gasteiger charge is -2.19. The molecule has 1 N–H and O–H groups in total. The van der Waals surface area contributed by atoms with Crippen LogP contribution in [0, 0.1) is 11.3 Å². The fourth-order valence-corrected chi connectivity index (χ4v) is 3.33. The number of rotatable bonds is 7. The first-order valence-electron chi connectivity index (χ1n) is 8.85. The summed E-state index contributed by atoms with van der Waals surface area (Å²) >= 11 is 0. The third kappa shape index (κ3) is 5.57. The van der Waals surface area contributed by atoms with Gasteiger partial charge in [-0.2, -0.15) is 5.26 Å². The maximum atomic E-state index is 12.3. The maximum Gasteiger partial charge on any atom is 0.251 e. The maximum absolute atomic E-state index is 12.3. The number of nitrogens with one attached hydrogen (secondary N) is 1. The smallest absolute Gasteiger partial charge is 0.251 e. The van der Waals surface area contributed by atoms with Gasteiger partial charge >= 0.3 is 0 Å². The minimum absolute atomic E-state index is 0.0407. The van der Waals surface area contributed by atoms with Crippen molar-refractivity contribution in [2.75, 3.05) is 12.3 Å². The molecular formula is C21H24N2O4S. The summed E-state index contributed by atoms with van der Waals surface area (Å²) < 4.78 is 29.1. The van der Waals surface area contributed by atoms with Crippen molar-refractivity contribution in [2.45, 2.75) is 32.1 Å². The third-order valence-corrected chi connectivity index (χ3v) is 6.83. The predicted octanol–water partition coefficient (Wildman–Crippen LogP) is 3.08. The monoisotopic (exact) mass is 400 g/mol. The zero-order valence-corrected chi connectivity index (χ0v) is 17.0. The lowest BCUT2D eigenvalue weighted by atomic mass is 10.1. The minimum atomic E-state index is -3.30. The Balaban J connectivity index is 1.97. The van der Waals surface area contributed by atoms with Gasteiger partial charge in [-0.05, 0) is 45.0 Å². The average Bonchev–Trinajstić information content (AvgIpc) is 2.65. The number of carbonyl (C=O) groups is 1. The van der Waals surface area contributed by atoms with Crippen molar-refractivity contribution in [1.82, 2.24) is 5.32 Å². The molecule has 0 aliphatic heterocycles. The van der Waals surface area contributed by atoms with E-state index in [1.807, 2.05) is 12.1 Å². The van der Waals surface area contributed by atoms with Crippen LogP contribution in [-0.4, -0.2) is 31.4 Å². The highest BCUT2D eigenvalue weighted by Gasteiger charge is 2.28. The highest BCUT2D eigenvalue weighted by atomic mass is 32.2. The fourth-order valence-electron chi connectivity index (χ4n) is 2.35. The summed E-state index contributed by atoms with van der Waals surface area (Å²) in [5, 5.41) is 11.8. The molecule has 0 aromatic heterocycles. The van der Waals surface area contributed by atoms with Gasteiger partial charge in [0.15, 0.2) is 9.84 Å². The molecule has 148 valence electrons. The van der Waals surface area contributed by atoms with E-state index < -0.39 is 14.6 Å². The Morgan fingerprint density at radius 1 is 1.14 bits per heavy atom. The molecular weight excluding hydrogens is 376 g/mol. The van der Waals surface area contributed by atoms with Gasteiger partial charge in [-0.25, -0.2) is 8.42 Å². The van der Waals surface area contributed by atoms with Gasteiger partial charge in [-0.1, -0.05) is 24.3 Å². The van der Waals surface area contributed by atoms with Crippen LogP contribution < -0.4 is 10.1 Å². The molecule has 2 aromatic carbocycles. The van der Waals surface area contributed by atoms with Crippen LogP contribution in [0.25, 0.3) is 0 Å². The Bertz CT molecular complexity index is 986. The van der Waals surface area contributed by atoms with E-state index in [1.165, 1.54) is 0 Å². The van der Waals surface area contributed by atoms with Crippen LogP contribution in [0.2, 0.25) is 0 Å². The van der Waals surface area contributed by atoms with Crippen LogP contribution >= 0.6 is 0 Å². The van der Waals surface area contributed by atoms with Crippen molar-refractivity contribution in [2.24, 2.45) is 0 Å². The van der Waals surface area contributed by atoms with E-state index in [-0.39, 0.29) is 24.8 Å². The Kier molecular flexibility index (Phi) is 6.81. The molecule has 0 spiro atoms. The molecule has 0 aliphatic carbocycles. The summed E-state index contributed by atoms with van der Waals surface area (Å²) in [5.41, 5.74) is 1.67. The zero-order valence-electron chi connectivity index (χ0n) is 16.2. The number of hydrogen-bond acceptors (Lipinski definition) is 5. The first-order chi connectivity index (χ1) is 13.1. The number of amides is 1. The topological polar surface area (TPSA) is 96.3 Å². The van der Waals surface area contributed by atoms with Crippen LogP contribution in [0.1, 0.15) is 42.3 Å². The van der Waals surface area contributed by atoms with Crippen LogP contribution in [0.4, 0.5) is 0 Å². The van der Waals surface area contributed by atoms with Crippen molar-refractivity contribution in [3.8, 4) is 11.8 Å². The summed E-state index contributed by atoms with van der Waals surface area (Å²) in [5.74, 6) is -0.00157. The van der Waals surface area contributed by atoms with E-state index in [0.717, 1.165) is 5.56 Å². The average molecular weight is 401 g/mol. The highest BCUT2D eigenvalue weighted by Crippen LogP contribution is 2.17. The van der Waals surface area contributed by atoms with E-state index in [0.29, 0.717) is 16.9 Å². The van der Waals surface area contributed by atoms with Gasteiger partial charge in [0.1, 0.15) is 12.4 Å². The zero-order chi connectivity index (χ0) is 20.8. The number of nitrogens with zero attached hydrogens (tertiary/aromatic N) is 1. The molecule has 2 aromatic rings. The second-order valence-corrected chi connectivity index (χ2v) is 10.1. The SMILES string of the molecule is CC(C)(C)S(=O)(=O)CCNC(=O)c1cccc(OCc2ccccc2C#N)c1. The molecule has 1 amide bonds. The quantitative estimate of drug-likeness (QED) is 0.770. The molecule has 0 aliphatic rings. The number of hydrogen-bond donors (Lipinski definition) is 1. The van der Waals surface area contributed by atoms with Gasteiger partial charge in [0, 0.05) is 17.7 Å². The van der Waals surface area contributed by atoms with E-state index in [9.17, 15) is 13.2 Å². The predicted molar refractivity (Wildman–Crippen MR) is 108 cm³/mol. The molecule has 6 nitrogen and oxygen atoms in total. The molecule has 0 atom stereocenters. The van der Waals surface area contributed by atoms with Gasteiger partial charge in [0.05, 0.1) is 22.1 Å². The van der Waals surface area contributed by atoms with Gasteiger partial charge < -0.3 is 10.1 Å². The molecule has 0 saturated heterocycles. The Morgan fingerprint density at radius 3 is 2.54 bits per heavy atom. The normalized spacial score (nSPS) is 11.5. The van der Waals surface area contributed by atoms with Crippen LogP contribution in [0.5, 0.6) is 5.75 Å². The Hall–Kier alpha value is -2.85. The van der Waals surface area contributed by atoms with Gasteiger partial charge in [0.25, 0.3) is 5.91 Å². The van der Waals surface area contributed by atoms with Crippen LogP contribution in [0.3, 0.4) is 0 Å². The van der Waals surface area contributed by atoms with Crippen LogP contribution in [-0.2, 0) is 16.4 Å². The van der Waals surface area contributed by atoms with Gasteiger partial charge in [0.2, 0.25) is 0 Å². The largest absolute Gasteiger partial charge is 0.489 e. The standard InChI is InChI=1S/C21H24N2O4S/c1-21(2,3)28(25,26)12-11-23-20(24)16-9-6-10-19(13-16)27-15-18-8-5-4-7-17(18)14-22/h4-10,13H,11-12,15H2,1-3H3,(H,23,24). The first-order valence-corrected chi connectivity index (χ1v) is 10.5. The molecule has 2 rings (SSSR count). The van der Waals surface area contributed by atoms with Gasteiger partial charge in [-0.15, -0.1) is 0 Å². The van der Waals surface area contributed by atoms with Crippen molar-refractivity contribution in [3.63, 3.8) is 0 Å². The second-order valence-electron chi connectivity index (χ2n) is 7.27. The second kappa shape index (κ2) is 8.89. The van der Waals surface area contributed by atoms with Crippen molar-refractivity contribution in [1.29, 1.82) is 5.26 Å². The molecule has 7 heteroatoms. The molecule has 28 heavy (non-hydrogen) atoms. The van der Waals surface area contributed by atoms with E-state index in [2.05, 4.69) is 11.4 Å².